The fourth-order valence-corrected chi connectivity index (χ4v) is 1.63. The molecular weight excluding hydrogens is 244 g/mol. The van der Waals surface area contributed by atoms with Crippen LogP contribution in [0.1, 0.15) is 18.1 Å². The Kier molecular flexibility index (Phi) is 4.88. The van der Waals surface area contributed by atoms with E-state index in [4.69, 9.17) is 10.5 Å². The lowest BCUT2D eigenvalue weighted by Crippen LogP contribution is -2.12. The van der Waals surface area contributed by atoms with Gasteiger partial charge in [-0.15, -0.1) is 0 Å². The second kappa shape index (κ2) is 6.18. The summed E-state index contributed by atoms with van der Waals surface area (Å²) in [5.74, 6) is -0.533. The van der Waals surface area contributed by atoms with Crippen LogP contribution in [0.15, 0.2) is 12.1 Å². The number of alkyl halides is 2. The molecule has 0 fully saturated rings. The Hall–Kier alpha value is -1.85. The van der Waals surface area contributed by atoms with Gasteiger partial charge in [-0.05, 0) is 31.5 Å². The van der Waals surface area contributed by atoms with Gasteiger partial charge in [0.15, 0.2) is 0 Å². The number of nitrogens with two attached hydrogens (primary N) is 1. The van der Waals surface area contributed by atoms with Crippen LogP contribution in [0.4, 0.5) is 14.5 Å². The molecule has 0 heterocycles. The van der Waals surface area contributed by atoms with Gasteiger partial charge in [-0.2, -0.15) is 8.78 Å². The molecule has 0 aliphatic carbocycles. The quantitative estimate of drug-likeness (QED) is 0.651. The summed E-state index contributed by atoms with van der Waals surface area (Å²) in [6.45, 7) is 0.528. The number of aryl methyl sites for hydroxylation is 1. The van der Waals surface area contributed by atoms with Gasteiger partial charge in [0, 0.05) is 11.3 Å². The van der Waals surface area contributed by atoms with Crippen LogP contribution in [-0.2, 0) is 16.0 Å². The Labute approximate surface area is 104 Å². The van der Waals surface area contributed by atoms with Crippen molar-refractivity contribution in [3.05, 3.63) is 23.3 Å². The number of carbonyl (C=O) groups excluding carboxylic acids is 1. The number of halogens is 2. The summed E-state index contributed by atoms with van der Waals surface area (Å²) in [6.07, 6.45) is -0.151. The summed E-state index contributed by atoms with van der Waals surface area (Å²) in [5.41, 5.74) is 6.75. The van der Waals surface area contributed by atoms with Crippen LogP contribution in [0.2, 0.25) is 0 Å². The molecule has 1 rings (SSSR count). The minimum absolute atomic E-state index is 0.0211. The molecule has 0 aliphatic heterocycles. The van der Waals surface area contributed by atoms with Gasteiger partial charge in [0.25, 0.3) is 0 Å². The molecule has 100 valence electrons. The molecule has 0 aromatic heterocycles. The fourth-order valence-electron chi connectivity index (χ4n) is 1.63. The monoisotopic (exact) mass is 259 g/mol. The third-order valence-electron chi connectivity index (χ3n) is 2.22. The third kappa shape index (κ3) is 3.87. The fraction of sp³-hybridized carbons (Fsp3) is 0.417. The Morgan fingerprint density at radius 1 is 1.44 bits per heavy atom. The van der Waals surface area contributed by atoms with Crippen molar-refractivity contribution in [2.24, 2.45) is 0 Å². The first kappa shape index (κ1) is 14.2. The van der Waals surface area contributed by atoms with Gasteiger partial charge in [0.2, 0.25) is 0 Å². The molecule has 1 aromatic rings. The number of esters is 1. The van der Waals surface area contributed by atoms with E-state index < -0.39 is 12.6 Å². The van der Waals surface area contributed by atoms with Gasteiger partial charge >= 0.3 is 12.6 Å². The lowest BCUT2D eigenvalue weighted by molar-refractivity contribution is -0.142. The summed E-state index contributed by atoms with van der Waals surface area (Å²) in [5, 5.41) is 0. The van der Waals surface area contributed by atoms with Crippen molar-refractivity contribution in [3.8, 4) is 5.75 Å². The first-order valence-corrected chi connectivity index (χ1v) is 5.43. The molecule has 0 spiro atoms. The molecule has 2 N–H and O–H groups in total. The van der Waals surface area contributed by atoms with Crippen LogP contribution in [0, 0.1) is 6.92 Å². The standard InChI is InChI=1S/C12H15F2NO3/c1-3-17-10(16)6-8-5-9(15)4-7(2)11(8)18-12(13)14/h4-5,12H,3,6,15H2,1-2H3. The van der Waals surface area contributed by atoms with Gasteiger partial charge in [-0.1, -0.05) is 0 Å². The molecule has 18 heavy (non-hydrogen) atoms. The predicted octanol–water partition coefficient (Wildman–Crippen LogP) is 2.28. The van der Waals surface area contributed by atoms with Crippen molar-refractivity contribution in [3.63, 3.8) is 0 Å². The van der Waals surface area contributed by atoms with Gasteiger partial charge in [-0.3, -0.25) is 4.79 Å². The molecule has 0 unspecified atom stereocenters. The Balaban J connectivity index is 3.03. The molecule has 0 aliphatic rings. The lowest BCUT2D eigenvalue weighted by Gasteiger charge is -2.14. The van der Waals surface area contributed by atoms with Crippen LogP contribution >= 0.6 is 0 Å². The molecule has 0 atom stereocenters. The van der Waals surface area contributed by atoms with Crippen LogP contribution in [0.3, 0.4) is 0 Å². The lowest BCUT2D eigenvalue weighted by atomic mass is 10.1. The van der Waals surface area contributed by atoms with Crippen molar-refractivity contribution in [2.75, 3.05) is 12.3 Å². The SMILES string of the molecule is CCOC(=O)Cc1cc(N)cc(C)c1OC(F)F. The Morgan fingerprint density at radius 3 is 2.67 bits per heavy atom. The predicted molar refractivity (Wildman–Crippen MR) is 62.6 cm³/mol. The highest BCUT2D eigenvalue weighted by atomic mass is 19.3. The first-order chi connectivity index (χ1) is 8.43. The molecule has 1 aromatic carbocycles. The molecule has 0 saturated carbocycles. The second-order valence-corrected chi connectivity index (χ2v) is 3.69. The normalized spacial score (nSPS) is 10.5. The minimum atomic E-state index is -2.95. The summed E-state index contributed by atoms with van der Waals surface area (Å²) in [6, 6.07) is 2.94. The molecule has 0 bridgehead atoms. The second-order valence-electron chi connectivity index (χ2n) is 3.69. The molecule has 0 radical (unpaired) electrons. The Bertz CT molecular complexity index is 436. The average Bonchev–Trinajstić information content (AvgIpc) is 2.23. The number of hydrogen-bond donors (Lipinski definition) is 1. The van der Waals surface area contributed by atoms with Crippen molar-refractivity contribution < 1.29 is 23.0 Å². The van der Waals surface area contributed by atoms with Crippen LogP contribution in [0.25, 0.3) is 0 Å². The summed E-state index contributed by atoms with van der Waals surface area (Å²) in [7, 11) is 0. The van der Waals surface area contributed by atoms with Crippen LogP contribution < -0.4 is 10.5 Å². The molecule has 6 heteroatoms. The van der Waals surface area contributed by atoms with Crippen molar-refractivity contribution >= 4 is 11.7 Å². The average molecular weight is 259 g/mol. The van der Waals surface area contributed by atoms with Crippen LogP contribution in [-0.4, -0.2) is 19.2 Å². The van der Waals surface area contributed by atoms with E-state index in [0.717, 1.165) is 0 Å². The minimum Gasteiger partial charge on any atom is -0.466 e. The van der Waals surface area contributed by atoms with Crippen molar-refractivity contribution in [2.45, 2.75) is 26.9 Å². The number of benzene rings is 1. The zero-order valence-electron chi connectivity index (χ0n) is 10.2. The van der Waals surface area contributed by atoms with E-state index in [1.165, 1.54) is 12.1 Å². The number of hydrogen-bond acceptors (Lipinski definition) is 4. The highest BCUT2D eigenvalue weighted by Crippen LogP contribution is 2.28. The van der Waals surface area contributed by atoms with Gasteiger partial charge in [0.05, 0.1) is 13.0 Å². The summed E-state index contributed by atoms with van der Waals surface area (Å²) in [4.78, 5) is 11.4. The number of rotatable bonds is 5. The van der Waals surface area contributed by atoms with E-state index in [2.05, 4.69) is 4.74 Å². The van der Waals surface area contributed by atoms with Gasteiger partial charge < -0.3 is 15.2 Å². The van der Waals surface area contributed by atoms with Crippen LogP contribution in [0.5, 0.6) is 5.75 Å². The zero-order chi connectivity index (χ0) is 13.7. The highest BCUT2D eigenvalue weighted by Gasteiger charge is 2.16. The third-order valence-corrected chi connectivity index (χ3v) is 2.22. The summed E-state index contributed by atoms with van der Waals surface area (Å²) < 4.78 is 33.8. The van der Waals surface area contributed by atoms with E-state index in [1.54, 1.807) is 13.8 Å². The molecule has 0 amide bonds. The van der Waals surface area contributed by atoms with Gasteiger partial charge in [-0.25, -0.2) is 0 Å². The molecular formula is C12H15F2NO3. The zero-order valence-corrected chi connectivity index (χ0v) is 10.2. The maximum atomic E-state index is 12.3. The van der Waals surface area contributed by atoms with Crippen molar-refractivity contribution in [1.82, 2.24) is 0 Å². The van der Waals surface area contributed by atoms with Gasteiger partial charge in [0.1, 0.15) is 5.75 Å². The van der Waals surface area contributed by atoms with E-state index in [1.807, 2.05) is 0 Å². The maximum Gasteiger partial charge on any atom is 0.387 e. The number of anilines is 1. The first-order valence-electron chi connectivity index (χ1n) is 5.43. The molecule has 4 nitrogen and oxygen atoms in total. The largest absolute Gasteiger partial charge is 0.466 e. The number of nitrogen functional groups attached to an aromatic ring is 1. The smallest absolute Gasteiger partial charge is 0.387 e. The Morgan fingerprint density at radius 2 is 2.11 bits per heavy atom. The van der Waals surface area contributed by atoms with E-state index >= 15 is 0 Å². The molecule has 0 saturated heterocycles. The van der Waals surface area contributed by atoms with E-state index in [-0.39, 0.29) is 18.8 Å². The number of ether oxygens (including phenoxy) is 2. The number of carbonyl (C=O) groups is 1. The van der Waals surface area contributed by atoms with Crippen molar-refractivity contribution in [1.29, 1.82) is 0 Å². The maximum absolute atomic E-state index is 12.3. The van der Waals surface area contributed by atoms with E-state index in [9.17, 15) is 13.6 Å². The van der Waals surface area contributed by atoms with E-state index in [0.29, 0.717) is 16.8 Å². The topological polar surface area (TPSA) is 61.5 Å². The highest BCUT2D eigenvalue weighted by molar-refractivity contribution is 5.74. The summed E-state index contributed by atoms with van der Waals surface area (Å²) >= 11 is 0.